The summed E-state index contributed by atoms with van der Waals surface area (Å²) in [5.74, 6) is -2.19. The SMILES string of the molecule is CN1CCC(Nc2ccc(S(=O)(=O)NC(=O)c3ccc(N4CCN(CC5=C(c6ccc(Cl)cc6)CC(C)(C)CC5)CC4)c(F)c3Oc3ccc4[nH]ccc4c3)cc2[N+](=O)[O-])CC1. The first kappa shape index (κ1) is 43.2. The Labute approximate surface area is 366 Å². The highest BCUT2D eigenvalue weighted by Gasteiger charge is 2.32. The van der Waals surface area contributed by atoms with E-state index >= 15 is 4.39 Å². The number of sulfonamides is 1. The number of halogens is 2. The van der Waals surface area contributed by atoms with Crippen LogP contribution in [0.25, 0.3) is 16.5 Å². The molecule has 0 atom stereocenters. The Hall–Kier alpha value is -5.48. The predicted octanol–water partition coefficient (Wildman–Crippen LogP) is 9.07. The third kappa shape index (κ3) is 9.60. The Kier molecular flexibility index (Phi) is 12.3. The molecular formula is C46H51ClFN7O6S. The van der Waals surface area contributed by atoms with E-state index in [0.29, 0.717) is 31.2 Å². The molecule has 2 fully saturated rings. The van der Waals surface area contributed by atoms with Crippen LogP contribution in [0, 0.1) is 21.3 Å². The summed E-state index contributed by atoms with van der Waals surface area (Å²) in [4.78, 5) is 34.5. The number of carbonyl (C=O) groups is 1. The van der Waals surface area contributed by atoms with Crippen molar-refractivity contribution in [3.05, 3.63) is 123 Å². The third-order valence-corrected chi connectivity index (χ3v) is 13.9. The quantitative estimate of drug-likeness (QED) is 0.0817. The molecule has 0 radical (unpaired) electrons. The van der Waals surface area contributed by atoms with Crippen LogP contribution < -0.4 is 19.7 Å². The number of piperidine rings is 1. The molecule has 0 unspecified atom stereocenters. The van der Waals surface area contributed by atoms with E-state index in [1.54, 1.807) is 24.4 Å². The molecule has 0 spiro atoms. The molecule has 13 nitrogen and oxygen atoms in total. The molecule has 3 aliphatic rings. The number of allylic oxidation sites excluding steroid dienone is 1. The number of piperazine rings is 1. The van der Waals surface area contributed by atoms with Crippen molar-refractivity contribution < 1.29 is 27.3 Å². The summed E-state index contributed by atoms with van der Waals surface area (Å²) in [6, 6.07) is 21.2. The summed E-state index contributed by atoms with van der Waals surface area (Å²) < 4.78 is 52.5. The van der Waals surface area contributed by atoms with Crippen LogP contribution in [0.4, 0.5) is 21.5 Å². The Balaban J connectivity index is 1.03. The molecule has 2 aliphatic heterocycles. The second-order valence-corrected chi connectivity index (χ2v) is 19.5. The zero-order valence-corrected chi connectivity index (χ0v) is 36.6. The molecule has 16 heteroatoms. The maximum absolute atomic E-state index is 17.0. The monoisotopic (exact) mass is 883 g/mol. The van der Waals surface area contributed by atoms with Crippen molar-refractivity contribution >= 4 is 61.1 Å². The Morgan fingerprint density at radius 2 is 1.73 bits per heavy atom. The van der Waals surface area contributed by atoms with E-state index in [9.17, 15) is 23.3 Å². The first-order chi connectivity index (χ1) is 29.6. The fourth-order valence-corrected chi connectivity index (χ4v) is 9.83. The van der Waals surface area contributed by atoms with Crippen molar-refractivity contribution in [3.63, 3.8) is 0 Å². The summed E-state index contributed by atoms with van der Waals surface area (Å²) in [5.41, 5.74) is 4.55. The minimum atomic E-state index is -4.67. The average Bonchev–Trinajstić information content (AvgIpc) is 3.72. The molecule has 3 N–H and O–H groups in total. The first-order valence-electron chi connectivity index (χ1n) is 20.9. The van der Waals surface area contributed by atoms with Crippen LogP contribution in [0.1, 0.15) is 61.9 Å². The Bertz CT molecular complexity index is 2640. The van der Waals surface area contributed by atoms with Gasteiger partial charge in [-0.3, -0.25) is 19.8 Å². The van der Waals surface area contributed by atoms with Gasteiger partial charge in [0.15, 0.2) is 11.6 Å². The number of likely N-dealkylation sites (tertiary alicyclic amines) is 1. The van der Waals surface area contributed by atoms with E-state index in [2.05, 4.69) is 46.1 Å². The van der Waals surface area contributed by atoms with Gasteiger partial charge in [-0.15, -0.1) is 0 Å². The standard InChI is InChI=1S/C46H51ClFN7O6S/c1-46(2)18-14-32(38(28-46)30-4-6-33(47)7-5-30)29-53-22-24-54(25-23-53)41-13-10-37(44(43(41)48)61-35-8-11-39-31(26-35)15-19-49-39)45(56)51-62(59,60)36-9-12-40(42(27-36)55(57)58)50-34-16-20-52(3)21-17-34/h4-13,15,19,26-27,34,49-50H,14,16-18,20-25,28-29H2,1-3H3,(H,51,56). The van der Waals surface area contributed by atoms with Crippen molar-refractivity contribution in [1.29, 1.82) is 0 Å². The number of nitrogens with one attached hydrogen (secondary N) is 3. The van der Waals surface area contributed by atoms with Gasteiger partial charge >= 0.3 is 0 Å². The number of H-pyrrole nitrogens is 1. The van der Waals surface area contributed by atoms with Crippen LogP contribution in [0.3, 0.4) is 0 Å². The van der Waals surface area contributed by atoms with E-state index in [0.717, 1.165) is 68.7 Å². The number of hydrogen-bond donors (Lipinski definition) is 3. The van der Waals surface area contributed by atoms with E-state index in [1.807, 2.05) is 34.9 Å². The number of fused-ring (bicyclic) bond motifs is 1. The van der Waals surface area contributed by atoms with E-state index < -0.39 is 43.0 Å². The molecule has 1 aliphatic carbocycles. The Morgan fingerprint density at radius 3 is 2.45 bits per heavy atom. The van der Waals surface area contributed by atoms with E-state index in [1.165, 1.54) is 41.0 Å². The van der Waals surface area contributed by atoms with Gasteiger partial charge < -0.3 is 24.8 Å². The minimum Gasteiger partial charge on any atom is -0.453 e. The van der Waals surface area contributed by atoms with Gasteiger partial charge in [0, 0.05) is 67.0 Å². The molecule has 2 saturated heterocycles. The highest BCUT2D eigenvalue weighted by Crippen LogP contribution is 2.44. The Morgan fingerprint density at radius 1 is 0.984 bits per heavy atom. The number of nitro groups is 1. The van der Waals surface area contributed by atoms with Crippen LogP contribution in [0.15, 0.2) is 95.5 Å². The molecule has 5 aromatic rings. The zero-order chi connectivity index (χ0) is 43.8. The molecule has 1 amide bonds. The van der Waals surface area contributed by atoms with Gasteiger partial charge in [0.2, 0.25) is 0 Å². The van der Waals surface area contributed by atoms with Crippen molar-refractivity contribution in [3.8, 4) is 11.5 Å². The lowest BCUT2D eigenvalue weighted by atomic mass is 9.72. The maximum Gasteiger partial charge on any atom is 0.293 e. The summed E-state index contributed by atoms with van der Waals surface area (Å²) >= 11 is 6.23. The number of aromatic amines is 1. The second-order valence-electron chi connectivity index (χ2n) is 17.4. The molecule has 8 rings (SSSR count). The largest absolute Gasteiger partial charge is 0.453 e. The predicted molar refractivity (Wildman–Crippen MR) is 241 cm³/mol. The van der Waals surface area contributed by atoms with Crippen LogP contribution in [0.2, 0.25) is 5.02 Å². The summed E-state index contributed by atoms with van der Waals surface area (Å²) in [6.45, 7) is 9.38. The molecule has 3 heterocycles. The van der Waals surface area contributed by atoms with Gasteiger partial charge in [0.25, 0.3) is 21.6 Å². The molecule has 4 aromatic carbocycles. The lowest BCUT2D eigenvalue weighted by Gasteiger charge is -2.39. The topological polar surface area (TPSA) is 153 Å². The van der Waals surface area contributed by atoms with Crippen molar-refractivity contribution in [2.45, 2.75) is 56.9 Å². The van der Waals surface area contributed by atoms with Crippen molar-refractivity contribution in [1.82, 2.24) is 19.5 Å². The second kappa shape index (κ2) is 17.7. The number of amides is 1. The number of carbonyl (C=O) groups excluding carboxylic acids is 1. The third-order valence-electron chi connectivity index (χ3n) is 12.4. The lowest BCUT2D eigenvalue weighted by molar-refractivity contribution is -0.384. The van der Waals surface area contributed by atoms with Gasteiger partial charge in [0.05, 0.1) is 21.1 Å². The smallest absolute Gasteiger partial charge is 0.293 e. The number of ether oxygens (including phenoxy) is 1. The molecule has 62 heavy (non-hydrogen) atoms. The fraction of sp³-hybridized carbons (Fsp3) is 0.370. The first-order valence-corrected chi connectivity index (χ1v) is 22.8. The summed E-state index contributed by atoms with van der Waals surface area (Å²) in [6.07, 6.45) is 6.34. The number of benzene rings is 4. The number of rotatable bonds is 12. The number of aromatic nitrogens is 1. The van der Waals surface area contributed by atoms with Gasteiger partial charge in [-0.05, 0) is 129 Å². The van der Waals surface area contributed by atoms with Crippen LogP contribution in [-0.2, 0) is 10.0 Å². The maximum atomic E-state index is 17.0. The molecular weight excluding hydrogens is 833 g/mol. The zero-order valence-electron chi connectivity index (χ0n) is 35.0. The summed E-state index contributed by atoms with van der Waals surface area (Å²) in [5, 5.41) is 16.8. The van der Waals surface area contributed by atoms with Crippen LogP contribution in [0.5, 0.6) is 11.5 Å². The van der Waals surface area contributed by atoms with Crippen molar-refractivity contribution in [2.75, 3.05) is 63.1 Å². The number of nitro benzene ring substituents is 1. The molecule has 326 valence electrons. The van der Waals surface area contributed by atoms with E-state index in [4.69, 9.17) is 16.3 Å². The normalized spacial score (nSPS) is 17.9. The van der Waals surface area contributed by atoms with Gasteiger partial charge in [-0.1, -0.05) is 43.2 Å². The summed E-state index contributed by atoms with van der Waals surface area (Å²) in [7, 11) is -2.67. The van der Waals surface area contributed by atoms with Gasteiger partial charge in [-0.25, -0.2) is 17.5 Å². The fourth-order valence-electron chi connectivity index (χ4n) is 8.72. The number of anilines is 2. The highest BCUT2D eigenvalue weighted by molar-refractivity contribution is 7.90. The average molecular weight is 884 g/mol. The lowest BCUT2D eigenvalue weighted by Crippen LogP contribution is -2.47. The molecule has 0 bridgehead atoms. The number of hydrogen-bond acceptors (Lipinski definition) is 10. The van der Waals surface area contributed by atoms with Gasteiger partial charge in [-0.2, -0.15) is 0 Å². The van der Waals surface area contributed by atoms with Crippen molar-refractivity contribution in [2.24, 2.45) is 5.41 Å². The number of nitrogens with zero attached hydrogens (tertiary/aromatic N) is 4. The van der Waals surface area contributed by atoms with Gasteiger partial charge in [0.1, 0.15) is 11.4 Å². The van der Waals surface area contributed by atoms with Crippen LogP contribution >= 0.6 is 11.6 Å². The van der Waals surface area contributed by atoms with Crippen LogP contribution in [-0.4, -0.2) is 92.9 Å². The molecule has 0 saturated carbocycles. The highest BCUT2D eigenvalue weighted by atomic mass is 35.5. The van der Waals surface area contributed by atoms with E-state index in [-0.39, 0.29) is 34.1 Å². The minimum absolute atomic E-state index is 0.0221. The molecule has 1 aromatic heterocycles.